The van der Waals surface area contributed by atoms with Crippen LogP contribution in [0.4, 0.5) is 0 Å². The second-order valence-electron chi connectivity index (χ2n) is 5.74. The van der Waals surface area contributed by atoms with E-state index in [4.69, 9.17) is 0 Å². The van der Waals surface area contributed by atoms with Crippen LogP contribution in [0, 0.1) is 5.92 Å². The summed E-state index contributed by atoms with van der Waals surface area (Å²) >= 11 is 0. The number of rotatable bonds is 5. The van der Waals surface area contributed by atoms with Crippen LogP contribution in [0.1, 0.15) is 12.8 Å². The van der Waals surface area contributed by atoms with Gasteiger partial charge in [-0.25, -0.2) is 0 Å². The van der Waals surface area contributed by atoms with Crippen molar-refractivity contribution in [3.8, 4) is 0 Å². The molecule has 8 heteroatoms. The van der Waals surface area contributed by atoms with Crippen LogP contribution in [0.5, 0.6) is 0 Å². The molecule has 124 valence electrons. The maximum Gasteiger partial charge on any atom is 0.225 e. The smallest absolute Gasteiger partial charge is 0.225 e. The van der Waals surface area contributed by atoms with Crippen LogP contribution in [0.3, 0.4) is 0 Å². The van der Waals surface area contributed by atoms with E-state index in [9.17, 15) is 9.59 Å². The summed E-state index contributed by atoms with van der Waals surface area (Å²) in [6.45, 7) is 3.92. The molecular formula is C13H26Cl2N4O2. The van der Waals surface area contributed by atoms with Crippen molar-refractivity contribution in [1.82, 2.24) is 20.4 Å². The van der Waals surface area contributed by atoms with Gasteiger partial charge in [-0.05, 0) is 27.1 Å². The van der Waals surface area contributed by atoms with Gasteiger partial charge in [0, 0.05) is 38.6 Å². The van der Waals surface area contributed by atoms with Crippen molar-refractivity contribution in [2.24, 2.45) is 5.92 Å². The average molecular weight is 341 g/mol. The molecule has 2 amide bonds. The predicted octanol–water partition coefficient (Wildman–Crippen LogP) is -0.282. The number of carbonyl (C=O) groups excluding carboxylic acids is 2. The summed E-state index contributed by atoms with van der Waals surface area (Å²) in [5.41, 5.74) is 0. The summed E-state index contributed by atoms with van der Waals surface area (Å²) in [7, 11) is 3.97. The van der Waals surface area contributed by atoms with E-state index in [0.29, 0.717) is 19.5 Å². The second-order valence-corrected chi connectivity index (χ2v) is 5.74. The van der Waals surface area contributed by atoms with Gasteiger partial charge in [0.15, 0.2) is 0 Å². The predicted molar refractivity (Wildman–Crippen MR) is 87.2 cm³/mol. The molecule has 2 unspecified atom stereocenters. The van der Waals surface area contributed by atoms with E-state index in [1.54, 1.807) is 4.90 Å². The molecule has 21 heavy (non-hydrogen) atoms. The van der Waals surface area contributed by atoms with Gasteiger partial charge in [-0.2, -0.15) is 0 Å². The molecular weight excluding hydrogens is 315 g/mol. The fraction of sp³-hybridized carbons (Fsp3) is 0.846. The van der Waals surface area contributed by atoms with Gasteiger partial charge in [0.2, 0.25) is 11.8 Å². The van der Waals surface area contributed by atoms with Gasteiger partial charge >= 0.3 is 0 Å². The Kier molecular flexibility index (Phi) is 9.20. The zero-order chi connectivity index (χ0) is 13.8. The molecule has 0 aromatic heterocycles. The molecule has 0 spiro atoms. The maximum absolute atomic E-state index is 12.1. The van der Waals surface area contributed by atoms with Gasteiger partial charge in [0.25, 0.3) is 0 Å². The molecule has 2 saturated heterocycles. The van der Waals surface area contributed by atoms with E-state index in [-0.39, 0.29) is 48.6 Å². The van der Waals surface area contributed by atoms with Crippen LogP contribution >= 0.6 is 24.8 Å². The lowest BCUT2D eigenvalue weighted by atomic mass is 10.1. The molecule has 2 heterocycles. The summed E-state index contributed by atoms with van der Waals surface area (Å²) in [5, 5.41) is 6.26. The average Bonchev–Trinajstić information content (AvgIpc) is 2.96. The van der Waals surface area contributed by atoms with Crippen LogP contribution in [0.15, 0.2) is 0 Å². The standard InChI is InChI=1S/C13H24N4O2.2ClH/c1-16(2)5-6-17-9-10(7-12(17)18)13(19)15-11-3-4-14-8-11;;/h10-11,14H,3-9H2,1-2H3,(H,15,19);2*1H. The third-order valence-corrected chi connectivity index (χ3v) is 3.81. The molecule has 6 nitrogen and oxygen atoms in total. The highest BCUT2D eigenvalue weighted by Gasteiger charge is 2.34. The number of likely N-dealkylation sites (tertiary alicyclic amines) is 1. The van der Waals surface area contributed by atoms with Crippen molar-refractivity contribution in [2.75, 3.05) is 46.8 Å². The minimum absolute atomic E-state index is 0. The van der Waals surface area contributed by atoms with Crippen molar-refractivity contribution >= 4 is 36.6 Å². The number of halogens is 2. The summed E-state index contributed by atoms with van der Waals surface area (Å²) in [4.78, 5) is 27.8. The third kappa shape index (κ3) is 5.98. The lowest BCUT2D eigenvalue weighted by Gasteiger charge is -2.19. The quantitative estimate of drug-likeness (QED) is 0.722. The number of amides is 2. The first-order valence-electron chi connectivity index (χ1n) is 7.00. The molecule has 0 radical (unpaired) electrons. The Labute approximate surface area is 138 Å². The zero-order valence-corrected chi connectivity index (χ0v) is 14.3. The Balaban J connectivity index is 0.00000200. The number of hydrogen-bond donors (Lipinski definition) is 2. The van der Waals surface area contributed by atoms with Crippen molar-refractivity contribution in [3.63, 3.8) is 0 Å². The minimum atomic E-state index is -0.171. The Hall–Kier alpha value is -0.560. The lowest BCUT2D eigenvalue weighted by Crippen LogP contribution is -2.41. The van der Waals surface area contributed by atoms with Crippen LogP contribution in [-0.2, 0) is 9.59 Å². The summed E-state index contributed by atoms with van der Waals surface area (Å²) in [6, 6.07) is 0.235. The van der Waals surface area contributed by atoms with Gasteiger partial charge in [-0.1, -0.05) is 0 Å². The molecule has 2 aliphatic rings. The van der Waals surface area contributed by atoms with Gasteiger partial charge in [0.05, 0.1) is 5.92 Å². The van der Waals surface area contributed by atoms with E-state index in [1.165, 1.54) is 0 Å². The number of hydrogen-bond acceptors (Lipinski definition) is 4. The molecule has 2 N–H and O–H groups in total. The first-order valence-corrected chi connectivity index (χ1v) is 7.00. The molecule has 0 aromatic rings. The number of nitrogens with one attached hydrogen (secondary N) is 2. The molecule has 0 aliphatic carbocycles. The van der Waals surface area contributed by atoms with Gasteiger partial charge in [-0.15, -0.1) is 24.8 Å². The molecule has 2 aliphatic heterocycles. The molecule has 0 bridgehead atoms. The maximum atomic E-state index is 12.1. The summed E-state index contributed by atoms with van der Waals surface area (Å²) < 4.78 is 0. The number of nitrogens with zero attached hydrogens (tertiary/aromatic N) is 2. The van der Waals surface area contributed by atoms with Crippen molar-refractivity contribution in [3.05, 3.63) is 0 Å². The Bertz CT molecular complexity index is 349. The number of likely N-dealkylation sites (N-methyl/N-ethyl adjacent to an activating group) is 1. The molecule has 0 saturated carbocycles. The highest BCUT2D eigenvalue weighted by molar-refractivity contribution is 5.89. The van der Waals surface area contributed by atoms with Crippen molar-refractivity contribution < 1.29 is 9.59 Å². The minimum Gasteiger partial charge on any atom is -0.352 e. The highest BCUT2D eigenvalue weighted by Crippen LogP contribution is 2.18. The van der Waals surface area contributed by atoms with Crippen LogP contribution in [0.25, 0.3) is 0 Å². The lowest BCUT2D eigenvalue weighted by molar-refractivity contribution is -0.129. The van der Waals surface area contributed by atoms with Crippen LogP contribution < -0.4 is 10.6 Å². The zero-order valence-electron chi connectivity index (χ0n) is 12.6. The van der Waals surface area contributed by atoms with E-state index in [2.05, 4.69) is 10.6 Å². The molecule has 0 aromatic carbocycles. The fourth-order valence-corrected chi connectivity index (χ4v) is 2.58. The van der Waals surface area contributed by atoms with Crippen molar-refractivity contribution in [1.29, 1.82) is 0 Å². The Morgan fingerprint density at radius 3 is 2.71 bits per heavy atom. The fourth-order valence-electron chi connectivity index (χ4n) is 2.58. The molecule has 2 atom stereocenters. The molecule has 2 rings (SSSR count). The van der Waals surface area contributed by atoms with E-state index in [1.807, 2.05) is 19.0 Å². The van der Waals surface area contributed by atoms with E-state index >= 15 is 0 Å². The van der Waals surface area contributed by atoms with Gasteiger partial charge in [-0.3, -0.25) is 9.59 Å². The first-order chi connectivity index (χ1) is 9.06. The Morgan fingerprint density at radius 2 is 2.14 bits per heavy atom. The highest BCUT2D eigenvalue weighted by atomic mass is 35.5. The van der Waals surface area contributed by atoms with Crippen molar-refractivity contribution in [2.45, 2.75) is 18.9 Å². The largest absolute Gasteiger partial charge is 0.352 e. The monoisotopic (exact) mass is 340 g/mol. The van der Waals surface area contributed by atoms with Gasteiger partial charge in [0.1, 0.15) is 0 Å². The summed E-state index contributed by atoms with van der Waals surface area (Å²) in [5.74, 6) is -0.0313. The summed E-state index contributed by atoms with van der Waals surface area (Å²) in [6.07, 6.45) is 1.34. The van der Waals surface area contributed by atoms with Crippen LogP contribution in [0.2, 0.25) is 0 Å². The van der Waals surface area contributed by atoms with E-state index in [0.717, 1.165) is 26.1 Å². The normalized spacial score (nSPS) is 24.7. The SMILES string of the molecule is CN(C)CCN1CC(C(=O)NC2CCNC2)CC1=O.Cl.Cl. The molecule has 2 fully saturated rings. The number of carbonyl (C=O) groups is 2. The first kappa shape index (κ1) is 20.4. The topological polar surface area (TPSA) is 64.7 Å². The van der Waals surface area contributed by atoms with E-state index < -0.39 is 0 Å². The Morgan fingerprint density at radius 1 is 1.43 bits per heavy atom. The van der Waals surface area contributed by atoms with Gasteiger partial charge < -0.3 is 20.4 Å². The second kappa shape index (κ2) is 9.46. The van der Waals surface area contributed by atoms with Crippen LogP contribution in [-0.4, -0.2) is 74.5 Å². The third-order valence-electron chi connectivity index (χ3n) is 3.81.